The lowest BCUT2D eigenvalue weighted by Gasteiger charge is -2.19. The van der Waals surface area contributed by atoms with Gasteiger partial charge in [0.2, 0.25) is 10.0 Å². The summed E-state index contributed by atoms with van der Waals surface area (Å²) in [6.45, 7) is 0.572. The highest BCUT2D eigenvalue weighted by Gasteiger charge is 2.23. The van der Waals surface area contributed by atoms with Crippen LogP contribution in [0.3, 0.4) is 0 Å². The number of nitrogens with zero attached hydrogens (tertiary/aromatic N) is 2. The molecule has 0 atom stereocenters. The number of ether oxygens (including phenoxy) is 1. The van der Waals surface area contributed by atoms with Crippen LogP contribution in [-0.2, 0) is 10.0 Å². The zero-order valence-electron chi connectivity index (χ0n) is 15.1. The number of halogens is 2. The Labute approximate surface area is 169 Å². The first-order chi connectivity index (χ1) is 12.6. The van der Waals surface area contributed by atoms with Crippen molar-refractivity contribution in [3.05, 3.63) is 58.1 Å². The predicted octanol–water partition coefficient (Wildman–Crippen LogP) is 3.39. The number of likely N-dealkylation sites (N-methyl/N-ethyl adjacent to an activating group) is 1. The lowest BCUT2D eigenvalue weighted by molar-refractivity contribution is 0.0773. The molecular weight excluding hydrogens is 411 g/mol. The van der Waals surface area contributed by atoms with Crippen molar-refractivity contribution in [3.8, 4) is 5.75 Å². The molecule has 9 heteroatoms. The molecule has 2 rings (SSSR count). The molecule has 146 valence electrons. The monoisotopic (exact) mass is 430 g/mol. The summed E-state index contributed by atoms with van der Waals surface area (Å²) < 4.78 is 31.3. The number of amides is 1. The van der Waals surface area contributed by atoms with Crippen LogP contribution >= 0.6 is 23.2 Å². The molecule has 0 unspecified atom stereocenters. The molecule has 0 saturated carbocycles. The molecule has 0 heterocycles. The van der Waals surface area contributed by atoms with E-state index in [0.717, 1.165) is 4.31 Å². The SMILES string of the molecule is CN(CCOc1cccc(Cl)c1)C(=O)c1ccc(Cl)c(S(=O)(=O)N(C)C)c1. The van der Waals surface area contributed by atoms with Crippen molar-refractivity contribution in [3.63, 3.8) is 0 Å². The fourth-order valence-corrected chi connectivity index (χ4v) is 3.78. The van der Waals surface area contributed by atoms with Crippen LogP contribution in [0.4, 0.5) is 0 Å². The van der Waals surface area contributed by atoms with E-state index in [0.29, 0.717) is 17.3 Å². The highest BCUT2D eigenvalue weighted by molar-refractivity contribution is 7.89. The van der Waals surface area contributed by atoms with E-state index in [-0.39, 0.29) is 28.0 Å². The molecule has 6 nitrogen and oxygen atoms in total. The topological polar surface area (TPSA) is 66.9 Å². The van der Waals surface area contributed by atoms with E-state index in [1.165, 1.54) is 37.2 Å². The average molecular weight is 431 g/mol. The van der Waals surface area contributed by atoms with Crippen LogP contribution in [0.25, 0.3) is 0 Å². The summed E-state index contributed by atoms with van der Waals surface area (Å²) in [5.74, 6) is 0.269. The van der Waals surface area contributed by atoms with E-state index in [4.69, 9.17) is 27.9 Å². The number of rotatable bonds is 7. The Morgan fingerprint density at radius 3 is 2.41 bits per heavy atom. The zero-order valence-corrected chi connectivity index (χ0v) is 17.5. The zero-order chi connectivity index (χ0) is 20.2. The molecule has 0 bridgehead atoms. The second-order valence-corrected chi connectivity index (χ2v) is 8.93. The molecule has 0 aliphatic rings. The quantitative estimate of drug-likeness (QED) is 0.674. The molecule has 0 saturated heterocycles. The fraction of sp³-hybridized carbons (Fsp3) is 0.278. The van der Waals surface area contributed by atoms with Gasteiger partial charge in [-0.15, -0.1) is 0 Å². The molecule has 0 aliphatic heterocycles. The van der Waals surface area contributed by atoms with Gasteiger partial charge in [-0.1, -0.05) is 29.3 Å². The Balaban J connectivity index is 2.08. The largest absolute Gasteiger partial charge is 0.492 e. The molecule has 1 amide bonds. The number of carbonyl (C=O) groups is 1. The number of hydrogen-bond donors (Lipinski definition) is 0. The first-order valence-corrected chi connectivity index (χ1v) is 10.2. The minimum atomic E-state index is -3.75. The van der Waals surface area contributed by atoms with Gasteiger partial charge in [-0.05, 0) is 36.4 Å². The van der Waals surface area contributed by atoms with Crippen LogP contribution in [0.2, 0.25) is 10.0 Å². The minimum Gasteiger partial charge on any atom is -0.492 e. The van der Waals surface area contributed by atoms with Crippen molar-refractivity contribution in [1.82, 2.24) is 9.21 Å². The first-order valence-electron chi connectivity index (χ1n) is 7.99. The van der Waals surface area contributed by atoms with Gasteiger partial charge in [0.15, 0.2) is 0 Å². The van der Waals surface area contributed by atoms with E-state index in [9.17, 15) is 13.2 Å². The van der Waals surface area contributed by atoms with E-state index in [1.807, 2.05) is 0 Å². The van der Waals surface area contributed by atoms with E-state index >= 15 is 0 Å². The highest BCUT2D eigenvalue weighted by Crippen LogP contribution is 2.25. The van der Waals surface area contributed by atoms with Crippen LogP contribution in [0.15, 0.2) is 47.4 Å². The standard InChI is InChI=1S/C18H20Cl2N2O4S/c1-21(2)27(24,25)17-11-13(7-8-16(17)20)18(23)22(3)9-10-26-15-6-4-5-14(19)12-15/h4-8,11-12H,9-10H2,1-3H3. The molecule has 2 aromatic rings. The maximum Gasteiger partial charge on any atom is 0.253 e. The molecule has 0 radical (unpaired) electrons. The van der Waals surface area contributed by atoms with Crippen LogP contribution in [0, 0.1) is 0 Å². The third-order valence-corrected chi connectivity index (χ3v) is 6.31. The molecule has 0 spiro atoms. The van der Waals surface area contributed by atoms with Gasteiger partial charge in [-0.25, -0.2) is 12.7 Å². The summed E-state index contributed by atoms with van der Waals surface area (Å²) in [7, 11) is 0.661. The van der Waals surface area contributed by atoms with Gasteiger partial charge in [0.25, 0.3) is 5.91 Å². The summed E-state index contributed by atoms with van der Waals surface area (Å²) in [4.78, 5) is 13.9. The third kappa shape index (κ3) is 5.35. The van der Waals surface area contributed by atoms with Crippen LogP contribution in [0.1, 0.15) is 10.4 Å². The molecule has 27 heavy (non-hydrogen) atoms. The Hall–Kier alpha value is -1.80. The van der Waals surface area contributed by atoms with Gasteiger partial charge in [-0.2, -0.15) is 0 Å². The maximum absolute atomic E-state index is 12.6. The summed E-state index contributed by atoms with van der Waals surface area (Å²) in [5, 5.41) is 0.625. The summed E-state index contributed by atoms with van der Waals surface area (Å²) in [6, 6.07) is 11.1. The molecular formula is C18H20Cl2N2O4S. The summed E-state index contributed by atoms with van der Waals surface area (Å²) >= 11 is 11.9. The number of hydrogen-bond acceptors (Lipinski definition) is 4. The van der Waals surface area contributed by atoms with Crippen molar-refractivity contribution >= 4 is 39.1 Å². The van der Waals surface area contributed by atoms with Crippen molar-refractivity contribution in [1.29, 1.82) is 0 Å². The third-order valence-electron chi connectivity index (χ3n) is 3.77. The first kappa shape index (κ1) is 21.5. The van der Waals surface area contributed by atoms with Gasteiger partial charge in [0.1, 0.15) is 17.3 Å². The average Bonchev–Trinajstić information content (AvgIpc) is 2.61. The maximum atomic E-state index is 12.6. The van der Waals surface area contributed by atoms with E-state index in [2.05, 4.69) is 0 Å². The minimum absolute atomic E-state index is 0.0622. The van der Waals surface area contributed by atoms with Crippen LogP contribution < -0.4 is 4.74 Å². The predicted molar refractivity (Wildman–Crippen MR) is 106 cm³/mol. The van der Waals surface area contributed by atoms with Crippen LogP contribution in [0.5, 0.6) is 5.75 Å². The Bertz CT molecular complexity index is 933. The van der Waals surface area contributed by atoms with Gasteiger partial charge < -0.3 is 9.64 Å². The second kappa shape index (κ2) is 8.93. The molecule has 0 N–H and O–H groups in total. The number of sulfonamides is 1. The smallest absolute Gasteiger partial charge is 0.253 e. The lowest BCUT2D eigenvalue weighted by atomic mass is 10.2. The van der Waals surface area contributed by atoms with Crippen molar-refractivity contribution in [2.45, 2.75) is 4.90 Å². The van der Waals surface area contributed by atoms with Crippen LogP contribution in [-0.4, -0.2) is 57.8 Å². The number of benzene rings is 2. The van der Waals surface area contributed by atoms with Crippen molar-refractivity contribution in [2.75, 3.05) is 34.3 Å². The fourth-order valence-electron chi connectivity index (χ4n) is 2.21. The van der Waals surface area contributed by atoms with E-state index in [1.54, 1.807) is 31.3 Å². The van der Waals surface area contributed by atoms with Gasteiger partial charge in [-0.3, -0.25) is 4.79 Å². The molecule has 0 fully saturated rings. The van der Waals surface area contributed by atoms with Gasteiger partial charge in [0, 0.05) is 31.7 Å². The second-order valence-electron chi connectivity index (χ2n) is 5.97. The van der Waals surface area contributed by atoms with Crippen molar-refractivity contribution < 1.29 is 17.9 Å². The van der Waals surface area contributed by atoms with Gasteiger partial charge >= 0.3 is 0 Å². The molecule has 0 aliphatic carbocycles. The summed E-state index contributed by atoms with van der Waals surface area (Å²) in [5.41, 5.74) is 0.227. The number of carbonyl (C=O) groups excluding carboxylic acids is 1. The molecule has 2 aromatic carbocycles. The highest BCUT2D eigenvalue weighted by atomic mass is 35.5. The van der Waals surface area contributed by atoms with Gasteiger partial charge in [0.05, 0.1) is 11.6 Å². The van der Waals surface area contributed by atoms with Crippen molar-refractivity contribution in [2.24, 2.45) is 0 Å². The normalized spacial score (nSPS) is 11.5. The Morgan fingerprint density at radius 1 is 1.07 bits per heavy atom. The Kier molecular flexibility index (Phi) is 7.11. The molecule has 0 aromatic heterocycles. The lowest BCUT2D eigenvalue weighted by Crippen LogP contribution is -2.31. The van der Waals surface area contributed by atoms with E-state index < -0.39 is 10.0 Å². The summed E-state index contributed by atoms with van der Waals surface area (Å²) in [6.07, 6.45) is 0. The Morgan fingerprint density at radius 2 is 1.78 bits per heavy atom.